The van der Waals surface area contributed by atoms with Gasteiger partial charge in [0.25, 0.3) is 0 Å². The summed E-state index contributed by atoms with van der Waals surface area (Å²) in [5.41, 5.74) is 6.78. The quantitative estimate of drug-likeness (QED) is 0.626. The molecule has 1 aromatic carbocycles. The van der Waals surface area contributed by atoms with Gasteiger partial charge in [-0.3, -0.25) is 5.41 Å². The summed E-state index contributed by atoms with van der Waals surface area (Å²) in [6.07, 6.45) is 2.94. The minimum absolute atomic E-state index is 0.168. The number of hydrogen-bond acceptors (Lipinski definition) is 2. The number of rotatable bonds is 6. The Hall–Kier alpha value is -0.870. The van der Waals surface area contributed by atoms with E-state index in [1.54, 1.807) is 0 Å². The number of halogens is 1. The third-order valence-electron chi connectivity index (χ3n) is 3.11. The van der Waals surface area contributed by atoms with Crippen molar-refractivity contribution in [2.45, 2.75) is 25.9 Å². The molecule has 0 atom stereocenters. The molecule has 0 heterocycles. The minimum Gasteiger partial charge on any atom is -0.388 e. The van der Waals surface area contributed by atoms with Crippen LogP contribution in [-0.4, -0.2) is 12.4 Å². The van der Waals surface area contributed by atoms with Crippen molar-refractivity contribution >= 4 is 21.8 Å². The van der Waals surface area contributed by atoms with Crippen molar-refractivity contribution in [3.63, 3.8) is 0 Å². The third-order valence-corrected chi connectivity index (χ3v) is 3.64. The molecule has 1 aliphatic carbocycles. The zero-order valence-electron chi connectivity index (χ0n) is 9.71. The summed E-state index contributed by atoms with van der Waals surface area (Å²) in [4.78, 5) is 0. The third kappa shape index (κ3) is 3.82. The molecule has 3 N–H and O–H groups in total. The van der Waals surface area contributed by atoms with Crippen LogP contribution in [0.4, 0.5) is 0 Å². The van der Waals surface area contributed by atoms with Gasteiger partial charge in [0.2, 0.25) is 0 Å². The summed E-state index contributed by atoms with van der Waals surface area (Å²) in [6, 6.07) is 8.13. The van der Waals surface area contributed by atoms with Crippen LogP contribution < -0.4 is 5.73 Å². The summed E-state index contributed by atoms with van der Waals surface area (Å²) in [5, 5.41) is 7.33. The zero-order chi connectivity index (χ0) is 12.3. The van der Waals surface area contributed by atoms with Crippen LogP contribution in [0, 0.1) is 10.8 Å². The van der Waals surface area contributed by atoms with Gasteiger partial charge in [-0.2, -0.15) is 0 Å². The minimum atomic E-state index is 0.168. The molecule has 17 heavy (non-hydrogen) atoms. The van der Waals surface area contributed by atoms with E-state index in [2.05, 4.69) is 28.1 Å². The molecule has 1 aromatic rings. The van der Waals surface area contributed by atoms with Gasteiger partial charge < -0.3 is 10.5 Å². The Kier molecular flexibility index (Phi) is 3.84. The normalized spacial score (nSPS) is 16.8. The van der Waals surface area contributed by atoms with Crippen LogP contribution in [-0.2, 0) is 11.3 Å². The highest BCUT2D eigenvalue weighted by Gasteiger charge is 2.43. The van der Waals surface area contributed by atoms with E-state index >= 15 is 0 Å². The average Bonchev–Trinajstić information content (AvgIpc) is 3.00. The molecule has 0 spiro atoms. The van der Waals surface area contributed by atoms with E-state index < -0.39 is 0 Å². The van der Waals surface area contributed by atoms with E-state index in [1.165, 1.54) is 5.56 Å². The Bertz CT molecular complexity index is 398. The van der Waals surface area contributed by atoms with Gasteiger partial charge in [0, 0.05) is 16.3 Å². The lowest BCUT2D eigenvalue weighted by molar-refractivity contribution is 0.0802. The molecule has 0 bridgehead atoms. The van der Waals surface area contributed by atoms with E-state index in [0.29, 0.717) is 19.6 Å². The first kappa shape index (κ1) is 12.6. The number of benzene rings is 1. The Morgan fingerprint density at radius 2 is 2.00 bits per heavy atom. The molecule has 1 fully saturated rings. The highest BCUT2D eigenvalue weighted by molar-refractivity contribution is 9.10. The van der Waals surface area contributed by atoms with E-state index in [0.717, 1.165) is 17.3 Å². The van der Waals surface area contributed by atoms with Crippen molar-refractivity contribution in [3.8, 4) is 0 Å². The average molecular weight is 297 g/mol. The second kappa shape index (κ2) is 5.19. The van der Waals surface area contributed by atoms with Gasteiger partial charge in [-0.25, -0.2) is 0 Å². The van der Waals surface area contributed by atoms with Crippen molar-refractivity contribution in [1.29, 1.82) is 5.41 Å². The Labute approximate surface area is 110 Å². The molecule has 0 aromatic heterocycles. The molecule has 0 saturated heterocycles. The molecule has 0 amide bonds. The molecule has 0 aliphatic heterocycles. The summed E-state index contributed by atoms with van der Waals surface area (Å²) < 4.78 is 6.80. The van der Waals surface area contributed by atoms with Gasteiger partial charge in [-0.05, 0) is 30.5 Å². The predicted molar refractivity (Wildman–Crippen MR) is 72.0 cm³/mol. The Balaban J connectivity index is 1.76. The van der Waals surface area contributed by atoms with Crippen molar-refractivity contribution < 1.29 is 4.74 Å². The van der Waals surface area contributed by atoms with Crippen LogP contribution in [0.3, 0.4) is 0 Å². The fraction of sp³-hybridized carbons (Fsp3) is 0.462. The molecule has 0 radical (unpaired) electrons. The number of hydrogen-bond donors (Lipinski definition) is 2. The molecule has 3 nitrogen and oxygen atoms in total. The van der Waals surface area contributed by atoms with E-state index in [9.17, 15) is 0 Å². The van der Waals surface area contributed by atoms with E-state index in [4.69, 9.17) is 15.9 Å². The lowest BCUT2D eigenvalue weighted by Crippen LogP contribution is -2.20. The highest BCUT2D eigenvalue weighted by atomic mass is 79.9. The maximum absolute atomic E-state index is 7.33. The SMILES string of the molecule is N=C(N)CC1(COCc2ccc(Br)cc2)CC1. The smallest absolute Gasteiger partial charge is 0.0911 e. The number of amidine groups is 1. The summed E-state index contributed by atoms with van der Waals surface area (Å²) in [5.74, 6) is 0.273. The van der Waals surface area contributed by atoms with Gasteiger partial charge in [0.05, 0.1) is 19.0 Å². The van der Waals surface area contributed by atoms with Gasteiger partial charge in [-0.1, -0.05) is 28.1 Å². The summed E-state index contributed by atoms with van der Waals surface area (Å²) >= 11 is 3.40. The van der Waals surface area contributed by atoms with Gasteiger partial charge in [0.1, 0.15) is 0 Å². The Morgan fingerprint density at radius 1 is 1.35 bits per heavy atom. The van der Waals surface area contributed by atoms with Crippen molar-refractivity contribution in [2.75, 3.05) is 6.61 Å². The standard InChI is InChI=1S/C13H17BrN2O/c14-11-3-1-10(2-4-11)8-17-9-13(5-6-13)7-12(15)16/h1-4H,5-9H2,(H3,15,16). The zero-order valence-corrected chi connectivity index (χ0v) is 11.3. The second-order valence-corrected chi connectivity index (χ2v) is 5.74. The predicted octanol–water partition coefficient (Wildman–Crippen LogP) is 3.07. The van der Waals surface area contributed by atoms with E-state index in [-0.39, 0.29) is 11.3 Å². The monoisotopic (exact) mass is 296 g/mol. The second-order valence-electron chi connectivity index (χ2n) is 4.82. The largest absolute Gasteiger partial charge is 0.388 e. The lowest BCUT2D eigenvalue weighted by atomic mass is 10.0. The van der Waals surface area contributed by atoms with Crippen LogP contribution in [0.2, 0.25) is 0 Å². The molecule has 0 unspecified atom stereocenters. The fourth-order valence-electron chi connectivity index (χ4n) is 1.92. The van der Waals surface area contributed by atoms with Crippen LogP contribution in [0.25, 0.3) is 0 Å². The first-order chi connectivity index (χ1) is 8.10. The number of nitrogens with two attached hydrogens (primary N) is 1. The molecule has 2 rings (SSSR count). The van der Waals surface area contributed by atoms with E-state index in [1.807, 2.05) is 12.1 Å². The van der Waals surface area contributed by atoms with Crippen molar-refractivity contribution in [3.05, 3.63) is 34.3 Å². The number of ether oxygens (including phenoxy) is 1. The van der Waals surface area contributed by atoms with Crippen molar-refractivity contribution in [2.24, 2.45) is 11.1 Å². The fourth-order valence-corrected chi connectivity index (χ4v) is 2.18. The van der Waals surface area contributed by atoms with Crippen molar-refractivity contribution in [1.82, 2.24) is 0 Å². The topological polar surface area (TPSA) is 59.1 Å². The summed E-state index contributed by atoms with van der Waals surface area (Å²) in [6.45, 7) is 1.34. The maximum atomic E-state index is 7.33. The molecule has 1 saturated carbocycles. The molecular formula is C13H17BrN2O. The molecule has 4 heteroatoms. The van der Waals surface area contributed by atoms with Gasteiger partial charge >= 0.3 is 0 Å². The summed E-state index contributed by atoms with van der Waals surface area (Å²) in [7, 11) is 0. The van der Waals surface area contributed by atoms with Gasteiger partial charge in [-0.15, -0.1) is 0 Å². The lowest BCUT2D eigenvalue weighted by Gasteiger charge is -2.14. The van der Waals surface area contributed by atoms with Crippen LogP contribution in [0.1, 0.15) is 24.8 Å². The highest BCUT2D eigenvalue weighted by Crippen LogP contribution is 2.48. The molecule has 92 valence electrons. The first-order valence-corrected chi connectivity index (χ1v) is 6.54. The Morgan fingerprint density at radius 3 is 2.53 bits per heavy atom. The maximum Gasteiger partial charge on any atom is 0.0911 e. The molecule has 1 aliphatic rings. The van der Waals surface area contributed by atoms with Crippen LogP contribution in [0.15, 0.2) is 28.7 Å². The van der Waals surface area contributed by atoms with Gasteiger partial charge in [0.15, 0.2) is 0 Å². The first-order valence-electron chi connectivity index (χ1n) is 5.75. The van der Waals surface area contributed by atoms with Crippen LogP contribution in [0.5, 0.6) is 0 Å². The van der Waals surface area contributed by atoms with Crippen LogP contribution >= 0.6 is 15.9 Å². The molecular weight excluding hydrogens is 280 g/mol. The number of nitrogens with one attached hydrogen (secondary N) is 1.